The molecule has 0 aromatic heterocycles. The Hall–Kier alpha value is -2.29. The van der Waals surface area contributed by atoms with Crippen molar-refractivity contribution in [3.8, 4) is 0 Å². The van der Waals surface area contributed by atoms with Crippen LogP contribution in [0.15, 0.2) is 42.5 Å². The molecule has 22 heavy (non-hydrogen) atoms. The van der Waals surface area contributed by atoms with Crippen molar-refractivity contribution in [3.63, 3.8) is 0 Å². The number of nitrogens with one attached hydrogen (secondary N) is 1. The Labute approximate surface area is 132 Å². The fourth-order valence-corrected chi connectivity index (χ4v) is 3.01. The summed E-state index contributed by atoms with van der Waals surface area (Å²) in [6.45, 7) is 5.41. The van der Waals surface area contributed by atoms with Crippen molar-refractivity contribution in [2.75, 3.05) is 23.3 Å². The maximum Gasteiger partial charge on any atom is 0.243 e. The molecule has 0 spiro atoms. The molecule has 0 aliphatic carbocycles. The van der Waals surface area contributed by atoms with Crippen LogP contribution in [0.2, 0.25) is 0 Å². The molecule has 114 valence electrons. The number of aryl methyl sites for hydroxylation is 3. The Balaban J connectivity index is 1.72. The van der Waals surface area contributed by atoms with Gasteiger partial charge in [0.1, 0.15) is 0 Å². The zero-order valence-corrected chi connectivity index (χ0v) is 13.2. The molecular weight excluding hydrogens is 272 g/mol. The third kappa shape index (κ3) is 3.14. The fraction of sp³-hybridized carbons (Fsp3) is 0.316. The molecule has 2 aromatic rings. The van der Waals surface area contributed by atoms with Gasteiger partial charge in [0.15, 0.2) is 0 Å². The van der Waals surface area contributed by atoms with Gasteiger partial charge in [-0.15, -0.1) is 0 Å². The highest BCUT2D eigenvalue weighted by molar-refractivity contribution is 5.95. The van der Waals surface area contributed by atoms with Gasteiger partial charge in [-0.1, -0.05) is 30.3 Å². The van der Waals surface area contributed by atoms with Gasteiger partial charge in [0.25, 0.3) is 0 Å². The van der Waals surface area contributed by atoms with E-state index in [-0.39, 0.29) is 5.91 Å². The number of amides is 1. The molecular formula is C19H22N2O. The van der Waals surface area contributed by atoms with E-state index in [9.17, 15) is 4.79 Å². The molecule has 0 radical (unpaired) electrons. The average Bonchev–Trinajstić information content (AvgIpc) is 2.51. The van der Waals surface area contributed by atoms with Crippen molar-refractivity contribution < 1.29 is 4.79 Å². The van der Waals surface area contributed by atoms with Crippen molar-refractivity contribution >= 4 is 17.3 Å². The number of anilines is 2. The molecule has 0 fully saturated rings. The number of carbonyl (C=O) groups excluding carboxylic acids is 1. The van der Waals surface area contributed by atoms with Crippen LogP contribution in [0.1, 0.15) is 23.1 Å². The van der Waals surface area contributed by atoms with Crippen molar-refractivity contribution in [1.82, 2.24) is 0 Å². The second-order valence-electron chi connectivity index (χ2n) is 6.02. The van der Waals surface area contributed by atoms with Crippen LogP contribution in [0.3, 0.4) is 0 Å². The van der Waals surface area contributed by atoms with E-state index in [0.29, 0.717) is 6.54 Å². The number of hydrogen-bond acceptors (Lipinski definition) is 2. The second kappa shape index (κ2) is 6.22. The van der Waals surface area contributed by atoms with E-state index < -0.39 is 0 Å². The van der Waals surface area contributed by atoms with Gasteiger partial charge in [-0.3, -0.25) is 4.79 Å². The third-order valence-electron chi connectivity index (χ3n) is 4.21. The predicted molar refractivity (Wildman–Crippen MR) is 91.5 cm³/mol. The topological polar surface area (TPSA) is 32.3 Å². The SMILES string of the molecule is Cc1ccc(C)c(NC(=O)CN2CCCc3ccccc32)c1. The standard InChI is InChI=1S/C19H22N2O/c1-14-9-10-15(2)17(12-14)20-19(22)13-21-11-5-7-16-6-3-4-8-18(16)21/h3-4,6,8-10,12H,5,7,11,13H2,1-2H3,(H,20,22). The minimum Gasteiger partial charge on any atom is -0.362 e. The van der Waals surface area contributed by atoms with Gasteiger partial charge in [0.2, 0.25) is 5.91 Å². The zero-order chi connectivity index (χ0) is 15.5. The maximum atomic E-state index is 12.4. The summed E-state index contributed by atoms with van der Waals surface area (Å²) in [7, 11) is 0. The maximum absolute atomic E-state index is 12.4. The molecule has 1 amide bonds. The van der Waals surface area contributed by atoms with Crippen LogP contribution in [0, 0.1) is 13.8 Å². The minimum atomic E-state index is 0.0467. The minimum absolute atomic E-state index is 0.0467. The number of carbonyl (C=O) groups is 1. The van der Waals surface area contributed by atoms with E-state index >= 15 is 0 Å². The lowest BCUT2D eigenvalue weighted by molar-refractivity contribution is -0.115. The highest BCUT2D eigenvalue weighted by Gasteiger charge is 2.18. The first-order chi connectivity index (χ1) is 10.6. The summed E-state index contributed by atoms with van der Waals surface area (Å²) in [5, 5.41) is 3.05. The molecule has 0 bridgehead atoms. The van der Waals surface area contributed by atoms with Crippen LogP contribution in [0.25, 0.3) is 0 Å². The number of benzene rings is 2. The van der Waals surface area contributed by atoms with Gasteiger partial charge in [-0.2, -0.15) is 0 Å². The van der Waals surface area contributed by atoms with E-state index in [1.54, 1.807) is 0 Å². The quantitative estimate of drug-likeness (QED) is 0.936. The first-order valence-electron chi connectivity index (χ1n) is 7.83. The largest absolute Gasteiger partial charge is 0.362 e. The van der Waals surface area contributed by atoms with Crippen LogP contribution >= 0.6 is 0 Å². The lowest BCUT2D eigenvalue weighted by atomic mass is 10.0. The summed E-state index contributed by atoms with van der Waals surface area (Å²) in [5.74, 6) is 0.0467. The molecule has 3 rings (SSSR count). The molecule has 1 aliphatic heterocycles. The molecule has 0 unspecified atom stereocenters. The normalized spacial score (nSPS) is 13.6. The van der Waals surface area contributed by atoms with Gasteiger partial charge in [-0.25, -0.2) is 0 Å². The number of hydrogen-bond donors (Lipinski definition) is 1. The number of nitrogens with zero attached hydrogens (tertiary/aromatic N) is 1. The van der Waals surface area contributed by atoms with Gasteiger partial charge >= 0.3 is 0 Å². The third-order valence-corrected chi connectivity index (χ3v) is 4.21. The van der Waals surface area contributed by atoms with Gasteiger partial charge in [0, 0.05) is 17.9 Å². The van der Waals surface area contributed by atoms with Crippen molar-refractivity contribution in [1.29, 1.82) is 0 Å². The van der Waals surface area contributed by atoms with E-state index in [0.717, 1.165) is 36.2 Å². The molecule has 3 nitrogen and oxygen atoms in total. The summed E-state index contributed by atoms with van der Waals surface area (Å²) in [5.41, 5.74) is 5.70. The molecule has 1 N–H and O–H groups in total. The summed E-state index contributed by atoms with van der Waals surface area (Å²) in [6, 6.07) is 14.5. The van der Waals surface area contributed by atoms with Crippen LogP contribution in [0.4, 0.5) is 11.4 Å². The Kier molecular flexibility index (Phi) is 4.14. The summed E-state index contributed by atoms with van der Waals surface area (Å²) in [4.78, 5) is 14.6. The Morgan fingerprint density at radius 2 is 2.00 bits per heavy atom. The van der Waals surface area contributed by atoms with Gasteiger partial charge in [-0.05, 0) is 55.5 Å². The lowest BCUT2D eigenvalue weighted by Gasteiger charge is -2.30. The Morgan fingerprint density at radius 3 is 2.86 bits per heavy atom. The van der Waals surface area contributed by atoms with Crippen molar-refractivity contribution in [3.05, 3.63) is 59.2 Å². The summed E-state index contributed by atoms with van der Waals surface area (Å²) in [6.07, 6.45) is 2.21. The van der Waals surface area contributed by atoms with Crippen LogP contribution in [-0.2, 0) is 11.2 Å². The van der Waals surface area contributed by atoms with E-state index in [4.69, 9.17) is 0 Å². The van der Waals surface area contributed by atoms with Crippen molar-refractivity contribution in [2.24, 2.45) is 0 Å². The van der Waals surface area contributed by atoms with E-state index in [2.05, 4.69) is 34.5 Å². The van der Waals surface area contributed by atoms with Gasteiger partial charge in [0.05, 0.1) is 6.54 Å². The molecule has 0 saturated carbocycles. The Morgan fingerprint density at radius 1 is 1.18 bits per heavy atom. The molecule has 3 heteroatoms. The summed E-state index contributed by atoms with van der Waals surface area (Å²) >= 11 is 0. The number of fused-ring (bicyclic) bond motifs is 1. The number of para-hydroxylation sites is 1. The lowest BCUT2D eigenvalue weighted by Crippen LogP contribution is -2.36. The smallest absolute Gasteiger partial charge is 0.243 e. The highest BCUT2D eigenvalue weighted by atomic mass is 16.2. The fourth-order valence-electron chi connectivity index (χ4n) is 3.01. The molecule has 1 aliphatic rings. The van der Waals surface area contributed by atoms with E-state index in [1.165, 1.54) is 11.3 Å². The zero-order valence-electron chi connectivity index (χ0n) is 13.2. The molecule has 0 atom stereocenters. The Bertz CT molecular complexity index is 694. The molecule has 1 heterocycles. The van der Waals surface area contributed by atoms with Crippen LogP contribution < -0.4 is 10.2 Å². The monoisotopic (exact) mass is 294 g/mol. The van der Waals surface area contributed by atoms with Gasteiger partial charge < -0.3 is 10.2 Å². The van der Waals surface area contributed by atoms with E-state index in [1.807, 2.05) is 32.0 Å². The highest BCUT2D eigenvalue weighted by Crippen LogP contribution is 2.26. The first-order valence-corrected chi connectivity index (χ1v) is 7.83. The molecule has 0 saturated heterocycles. The molecule has 2 aromatic carbocycles. The van der Waals surface area contributed by atoms with Crippen molar-refractivity contribution in [2.45, 2.75) is 26.7 Å². The predicted octanol–water partition coefficient (Wildman–Crippen LogP) is 3.69. The average molecular weight is 294 g/mol. The second-order valence-corrected chi connectivity index (χ2v) is 6.02. The number of rotatable bonds is 3. The summed E-state index contributed by atoms with van der Waals surface area (Å²) < 4.78 is 0. The van der Waals surface area contributed by atoms with Crippen LogP contribution in [0.5, 0.6) is 0 Å². The first kappa shape index (κ1) is 14.6. The van der Waals surface area contributed by atoms with Crippen LogP contribution in [-0.4, -0.2) is 19.0 Å².